The number of halogens is 1. The van der Waals surface area contributed by atoms with Crippen molar-refractivity contribution < 1.29 is 13.2 Å². The second-order valence-electron chi connectivity index (χ2n) is 3.40. The van der Waals surface area contributed by atoms with Crippen molar-refractivity contribution in [1.29, 1.82) is 0 Å². The van der Waals surface area contributed by atoms with Crippen LogP contribution in [0.4, 0.5) is 0 Å². The SMILES string of the molecule is CC1=C(c2cccc(Cl)c2)S(=O)(=O)NC1=O. The highest BCUT2D eigenvalue weighted by molar-refractivity contribution is 8.00. The van der Waals surface area contributed by atoms with Gasteiger partial charge in [-0.2, -0.15) is 0 Å². The van der Waals surface area contributed by atoms with Crippen LogP contribution in [-0.2, 0) is 14.8 Å². The molecule has 0 saturated carbocycles. The first kappa shape index (κ1) is 11.2. The van der Waals surface area contributed by atoms with Crippen molar-refractivity contribution in [1.82, 2.24) is 4.72 Å². The van der Waals surface area contributed by atoms with Crippen LogP contribution >= 0.6 is 11.6 Å². The van der Waals surface area contributed by atoms with Gasteiger partial charge in [0.1, 0.15) is 4.91 Å². The van der Waals surface area contributed by atoms with Gasteiger partial charge in [0.25, 0.3) is 15.9 Å². The summed E-state index contributed by atoms with van der Waals surface area (Å²) in [7, 11) is -3.73. The van der Waals surface area contributed by atoms with Gasteiger partial charge in [-0.3, -0.25) is 4.79 Å². The first-order valence-electron chi connectivity index (χ1n) is 4.46. The molecule has 16 heavy (non-hydrogen) atoms. The monoisotopic (exact) mass is 257 g/mol. The summed E-state index contributed by atoms with van der Waals surface area (Å²) in [6.45, 7) is 1.47. The summed E-state index contributed by atoms with van der Waals surface area (Å²) in [4.78, 5) is 11.3. The van der Waals surface area contributed by atoms with Gasteiger partial charge in [0, 0.05) is 10.6 Å². The fourth-order valence-electron chi connectivity index (χ4n) is 1.56. The Balaban J connectivity index is 2.68. The smallest absolute Gasteiger partial charge is 0.265 e. The Hall–Kier alpha value is -1.33. The molecule has 6 heteroatoms. The fraction of sp³-hybridized carbons (Fsp3) is 0.100. The predicted molar refractivity (Wildman–Crippen MR) is 61.1 cm³/mol. The second-order valence-corrected chi connectivity index (χ2v) is 5.45. The minimum absolute atomic E-state index is 0.000000000000000444. The Morgan fingerprint density at radius 3 is 2.50 bits per heavy atom. The number of amides is 1. The molecule has 0 fully saturated rings. The molecule has 0 bridgehead atoms. The number of carbonyl (C=O) groups excluding carboxylic acids is 1. The van der Waals surface area contributed by atoms with E-state index in [4.69, 9.17) is 11.6 Å². The maximum Gasteiger partial charge on any atom is 0.265 e. The Labute approximate surface area is 98.0 Å². The number of rotatable bonds is 1. The van der Waals surface area contributed by atoms with Crippen molar-refractivity contribution in [3.63, 3.8) is 0 Å². The molecular formula is C10H8ClNO3S. The number of sulfonamides is 1. The zero-order valence-electron chi connectivity index (χ0n) is 8.32. The number of hydrogen-bond donors (Lipinski definition) is 1. The molecule has 4 nitrogen and oxygen atoms in total. The highest BCUT2D eigenvalue weighted by Gasteiger charge is 2.33. The van der Waals surface area contributed by atoms with E-state index in [-0.39, 0.29) is 10.5 Å². The topological polar surface area (TPSA) is 63.2 Å². The third-order valence-corrected chi connectivity index (χ3v) is 4.03. The summed E-state index contributed by atoms with van der Waals surface area (Å²) < 4.78 is 25.2. The average molecular weight is 258 g/mol. The standard InChI is InChI=1S/C10H8ClNO3S/c1-6-9(16(14,15)12-10(6)13)7-3-2-4-8(11)5-7/h2-5H,1H3,(H,12,13). The molecule has 0 spiro atoms. The minimum Gasteiger partial charge on any atom is -0.269 e. The molecule has 0 radical (unpaired) electrons. The quantitative estimate of drug-likeness (QED) is 0.830. The van der Waals surface area contributed by atoms with E-state index in [0.717, 1.165) is 0 Å². The molecule has 1 aliphatic rings. The van der Waals surface area contributed by atoms with Crippen molar-refractivity contribution in [2.24, 2.45) is 0 Å². The molecule has 1 amide bonds. The lowest BCUT2D eigenvalue weighted by molar-refractivity contribution is -0.115. The summed E-state index contributed by atoms with van der Waals surface area (Å²) in [6, 6.07) is 6.38. The zero-order valence-corrected chi connectivity index (χ0v) is 9.89. The Morgan fingerprint density at radius 1 is 1.31 bits per heavy atom. The molecule has 0 aromatic heterocycles. The van der Waals surface area contributed by atoms with Gasteiger partial charge in [0.2, 0.25) is 0 Å². The highest BCUT2D eigenvalue weighted by Crippen LogP contribution is 2.30. The molecule has 1 heterocycles. The number of benzene rings is 1. The van der Waals surface area contributed by atoms with Crippen LogP contribution in [0.1, 0.15) is 12.5 Å². The second kappa shape index (κ2) is 3.61. The van der Waals surface area contributed by atoms with Gasteiger partial charge in [0.15, 0.2) is 0 Å². The molecular weight excluding hydrogens is 250 g/mol. The lowest BCUT2D eigenvalue weighted by Crippen LogP contribution is -2.22. The van der Waals surface area contributed by atoms with Gasteiger partial charge < -0.3 is 0 Å². The molecule has 1 aromatic carbocycles. The third kappa shape index (κ3) is 1.72. The first-order valence-corrected chi connectivity index (χ1v) is 6.32. The maximum atomic E-state index is 11.7. The normalized spacial score (nSPS) is 18.8. The zero-order chi connectivity index (χ0) is 11.9. The molecule has 0 unspecified atom stereocenters. The summed E-state index contributed by atoms with van der Waals surface area (Å²) in [6.07, 6.45) is 0. The van der Waals surface area contributed by atoms with Gasteiger partial charge in [-0.1, -0.05) is 23.7 Å². The Kier molecular flexibility index (Phi) is 2.52. The lowest BCUT2D eigenvalue weighted by Gasteiger charge is -2.03. The molecule has 1 N–H and O–H groups in total. The summed E-state index contributed by atoms with van der Waals surface area (Å²) >= 11 is 5.78. The third-order valence-electron chi connectivity index (χ3n) is 2.26. The van der Waals surface area contributed by atoms with Crippen LogP contribution in [0.25, 0.3) is 4.91 Å². The van der Waals surface area contributed by atoms with E-state index in [0.29, 0.717) is 10.6 Å². The van der Waals surface area contributed by atoms with E-state index in [1.807, 2.05) is 4.72 Å². The van der Waals surface area contributed by atoms with E-state index in [2.05, 4.69) is 0 Å². The molecule has 84 valence electrons. The van der Waals surface area contributed by atoms with Gasteiger partial charge in [-0.15, -0.1) is 0 Å². The summed E-state index contributed by atoms with van der Waals surface area (Å²) in [5.74, 6) is -0.588. The van der Waals surface area contributed by atoms with E-state index in [9.17, 15) is 13.2 Å². The number of hydrogen-bond acceptors (Lipinski definition) is 3. The van der Waals surface area contributed by atoms with Crippen LogP contribution < -0.4 is 4.72 Å². The highest BCUT2D eigenvalue weighted by atomic mass is 35.5. The number of nitrogens with one attached hydrogen (secondary N) is 1. The van der Waals surface area contributed by atoms with Crippen LogP contribution in [0, 0.1) is 0 Å². The van der Waals surface area contributed by atoms with Crippen LogP contribution in [-0.4, -0.2) is 14.3 Å². The van der Waals surface area contributed by atoms with Gasteiger partial charge in [-0.05, 0) is 24.6 Å². The largest absolute Gasteiger partial charge is 0.269 e. The molecule has 0 saturated heterocycles. The maximum absolute atomic E-state index is 11.7. The van der Waals surface area contributed by atoms with Gasteiger partial charge in [-0.25, -0.2) is 13.1 Å². The predicted octanol–water partition coefficient (Wildman–Crippen LogP) is 1.53. The van der Waals surface area contributed by atoms with Crippen LogP contribution in [0.15, 0.2) is 29.8 Å². The van der Waals surface area contributed by atoms with Crippen molar-refractivity contribution in [3.05, 3.63) is 40.4 Å². The van der Waals surface area contributed by atoms with E-state index in [1.165, 1.54) is 13.0 Å². The van der Waals surface area contributed by atoms with Crippen molar-refractivity contribution >= 4 is 32.4 Å². The fourth-order valence-corrected chi connectivity index (χ4v) is 3.18. The van der Waals surface area contributed by atoms with E-state index < -0.39 is 15.9 Å². The minimum atomic E-state index is -3.73. The molecule has 0 aliphatic carbocycles. The van der Waals surface area contributed by atoms with Crippen molar-refractivity contribution in [2.45, 2.75) is 6.92 Å². The first-order chi connectivity index (χ1) is 7.42. The van der Waals surface area contributed by atoms with E-state index >= 15 is 0 Å². The Morgan fingerprint density at radius 2 is 2.00 bits per heavy atom. The lowest BCUT2D eigenvalue weighted by atomic mass is 10.1. The molecule has 0 atom stereocenters. The van der Waals surface area contributed by atoms with Gasteiger partial charge in [0.05, 0.1) is 0 Å². The van der Waals surface area contributed by atoms with Crippen molar-refractivity contribution in [3.8, 4) is 0 Å². The Bertz CT molecular complexity index is 604. The van der Waals surface area contributed by atoms with Gasteiger partial charge >= 0.3 is 0 Å². The van der Waals surface area contributed by atoms with Crippen molar-refractivity contribution in [2.75, 3.05) is 0 Å². The van der Waals surface area contributed by atoms with Crippen LogP contribution in [0.5, 0.6) is 0 Å². The number of carbonyl (C=O) groups is 1. The van der Waals surface area contributed by atoms with E-state index in [1.54, 1.807) is 18.2 Å². The summed E-state index contributed by atoms with van der Waals surface area (Å²) in [5.41, 5.74) is 0.602. The van der Waals surface area contributed by atoms with Crippen LogP contribution in [0.2, 0.25) is 5.02 Å². The molecule has 1 aromatic rings. The summed E-state index contributed by atoms with van der Waals surface area (Å²) in [5, 5.41) is 0.423. The van der Waals surface area contributed by atoms with Crippen LogP contribution in [0.3, 0.4) is 0 Å². The average Bonchev–Trinajstić information content (AvgIpc) is 2.35. The molecule has 2 rings (SSSR count). The molecule has 1 aliphatic heterocycles.